The van der Waals surface area contributed by atoms with E-state index in [1.54, 1.807) is 0 Å². The average Bonchev–Trinajstić information content (AvgIpc) is 2.18. The molecule has 0 aromatic heterocycles. The first-order valence-electron chi connectivity index (χ1n) is 4.74. The van der Waals surface area contributed by atoms with E-state index in [2.05, 4.69) is 21.2 Å². The molecule has 4 heteroatoms. The first-order valence-corrected chi connectivity index (χ1v) is 6.24. The fraction of sp³-hybridized carbons (Fsp3) is 0.364. The summed E-state index contributed by atoms with van der Waals surface area (Å²) in [5.41, 5.74) is 1.06. The molecule has 1 rings (SSSR count). The normalized spacial score (nSPS) is 12.2. The molecular weight excluding hydrogens is 277 g/mol. The second-order valence-electron chi connectivity index (χ2n) is 3.28. The van der Waals surface area contributed by atoms with E-state index in [9.17, 15) is 4.79 Å². The molecule has 0 heterocycles. The molecule has 1 aromatic carbocycles. The summed E-state index contributed by atoms with van der Waals surface area (Å²) < 4.78 is 0. The average molecular weight is 291 g/mol. The largest absolute Gasteiger partial charge is 0.350 e. The monoisotopic (exact) mass is 289 g/mol. The third-order valence-corrected chi connectivity index (χ3v) is 2.72. The molecule has 0 spiro atoms. The number of alkyl halides is 1. The van der Waals surface area contributed by atoms with Crippen LogP contribution in [0, 0.1) is 0 Å². The number of hydrogen-bond acceptors (Lipinski definition) is 1. The molecule has 1 atom stereocenters. The van der Waals surface area contributed by atoms with Crippen LogP contribution in [-0.2, 0) is 4.79 Å². The Kier molecular flexibility index (Phi) is 5.12. The number of nitrogens with one attached hydrogen (secondary N) is 1. The van der Waals surface area contributed by atoms with Gasteiger partial charge in [-0.05, 0) is 24.6 Å². The molecule has 1 N–H and O–H groups in total. The first kappa shape index (κ1) is 12.5. The van der Waals surface area contributed by atoms with Crippen molar-refractivity contribution in [3.8, 4) is 0 Å². The highest BCUT2D eigenvalue weighted by Crippen LogP contribution is 2.15. The minimum atomic E-state index is 0.0221. The van der Waals surface area contributed by atoms with Crippen molar-refractivity contribution in [2.24, 2.45) is 0 Å². The van der Waals surface area contributed by atoms with Crippen LogP contribution in [0.15, 0.2) is 24.3 Å². The highest BCUT2D eigenvalue weighted by atomic mass is 79.9. The zero-order valence-electron chi connectivity index (χ0n) is 8.47. The van der Waals surface area contributed by atoms with Crippen molar-refractivity contribution in [1.29, 1.82) is 0 Å². The van der Waals surface area contributed by atoms with Gasteiger partial charge < -0.3 is 5.32 Å². The molecule has 2 nitrogen and oxygen atoms in total. The molecule has 0 aliphatic rings. The summed E-state index contributed by atoms with van der Waals surface area (Å²) in [5, 5.41) is 4.30. The number of carbonyl (C=O) groups excluding carboxylic acids is 1. The maximum atomic E-state index is 11.3. The Morgan fingerprint density at radius 2 is 2.07 bits per heavy atom. The van der Waals surface area contributed by atoms with Crippen molar-refractivity contribution in [1.82, 2.24) is 5.32 Å². The van der Waals surface area contributed by atoms with Gasteiger partial charge in [0.25, 0.3) is 0 Å². The molecule has 1 unspecified atom stereocenters. The Morgan fingerprint density at radius 1 is 1.47 bits per heavy atom. The number of rotatable bonds is 4. The van der Waals surface area contributed by atoms with Crippen LogP contribution in [0.3, 0.4) is 0 Å². The van der Waals surface area contributed by atoms with E-state index < -0.39 is 0 Å². The van der Waals surface area contributed by atoms with Crippen LogP contribution >= 0.6 is 27.5 Å². The van der Waals surface area contributed by atoms with Gasteiger partial charge in [-0.25, -0.2) is 0 Å². The van der Waals surface area contributed by atoms with Crippen molar-refractivity contribution in [3.63, 3.8) is 0 Å². The highest BCUT2D eigenvalue weighted by molar-refractivity contribution is 9.09. The summed E-state index contributed by atoms with van der Waals surface area (Å²) in [7, 11) is 0. The maximum absolute atomic E-state index is 11.3. The number of benzene rings is 1. The van der Waals surface area contributed by atoms with E-state index in [0.29, 0.717) is 16.8 Å². The van der Waals surface area contributed by atoms with Gasteiger partial charge in [-0.3, -0.25) is 4.79 Å². The molecule has 0 saturated heterocycles. The van der Waals surface area contributed by atoms with Gasteiger partial charge in [-0.1, -0.05) is 39.7 Å². The lowest BCUT2D eigenvalue weighted by Gasteiger charge is -2.13. The molecule has 0 aliphatic carbocycles. The lowest BCUT2D eigenvalue weighted by molar-refractivity contribution is -0.121. The summed E-state index contributed by atoms with van der Waals surface area (Å²) in [6.45, 7) is 1.95. The Bertz CT molecular complexity index is 326. The van der Waals surface area contributed by atoms with Crippen LogP contribution in [-0.4, -0.2) is 11.2 Å². The number of hydrogen-bond donors (Lipinski definition) is 1. The van der Waals surface area contributed by atoms with Gasteiger partial charge in [-0.2, -0.15) is 0 Å². The molecule has 0 saturated carbocycles. The predicted molar refractivity (Wildman–Crippen MR) is 66.4 cm³/mol. The van der Waals surface area contributed by atoms with Crippen LogP contribution in [0.4, 0.5) is 0 Å². The SMILES string of the molecule is CC(NC(=O)CCBr)c1ccc(Cl)cc1. The smallest absolute Gasteiger partial charge is 0.221 e. The van der Waals surface area contributed by atoms with Crippen LogP contribution in [0.2, 0.25) is 5.02 Å². The molecule has 0 fully saturated rings. The standard InChI is InChI=1S/C11H13BrClNO/c1-8(14-11(15)6-7-12)9-2-4-10(13)5-3-9/h2-5,8H,6-7H2,1H3,(H,14,15). The van der Waals surface area contributed by atoms with Crippen molar-refractivity contribution in [2.75, 3.05) is 5.33 Å². The highest BCUT2D eigenvalue weighted by Gasteiger charge is 2.08. The topological polar surface area (TPSA) is 29.1 Å². The fourth-order valence-electron chi connectivity index (χ4n) is 1.23. The van der Waals surface area contributed by atoms with Gasteiger partial charge in [0.2, 0.25) is 5.91 Å². The van der Waals surface area contributed by atoms with Crippen LogP contribution < -0.4 is 5.32 Å². The second-order valence-corrected chi connectivity index (χ2v) is 4.51. The molecule has 82 valence electrons. The lowest BCUT2D eigenvalue weighted by atomic mass is 10.1. The fourth-order valence-corrected chi connectivity index (χ4v) is 1.72. The van der Waals surface area contributed by atoms with Crippen molar-refractivity contribution >= 4 is 33.4 Å². The molecular formula is C11H13BrClNO. The Hall–Kier alpha value is -0.540. The van der Waals surface area contributed by atoms with Gasteiger partial charge >= 0.3 is 0 Å². The Labute approximate surface area is 103 Å². The van der Waals surface area contributed by atoms with E-state index in [-0.39, 0.29) is 11.9 Å². The van der Waals surface area contributed by atoms with Crippen molar-refractivity contribution in [2.45, 2.75) is 19.4 Å². The van der Waals surface area contributed by atoms with Gasteiger partial charge in [0.15, 0.2) is 0 Å². The number of amides is 1. The van der Waals surface area contributed by atoms with Gasteiger partial charge in [-0.15, -0.1) is 0 Å². The minimum absolute atomic E-state index is 0.0221. The molecule has 1 amide bonds. The predicted octanol–water partition coefficient (Wildman–Crippen LogP) is 3.30. The number of halogens is 2. The zero-order valence-corrected chi connectivity index (χ0v) is 10.8. The summed E-state index contributed by atoms with van der Waals surface area (Å²) >= 11 is 9.01. The van der Waals surface area contributed by atoms with Crippen LogP contribution in [0.25, 0.3) is 0 Å². The third kappa shape index (κ3) is 4.22. The van der Waals surface area contributed by atoms with Crippen LogP contribution in [0.1, 0.15) is 24.9 Å². The van der Waals surface area contributed by atoms with Crippen molar-refractivity contribution < 1.29 is 4.79 Å². The van der Waals surface area contributed by atoms with E-state index in [1.165, 1.54) is 0 Å². The summed E-state index contributed by atoms with van der Waals surface area (Å²) in [4.78, 5) is 11.3. The van der Waals surface area contributed by atoms with Crippen LogP contribution in [0.5, 0.6) is 0 Å². The third-order valence-electron chi connectivity index (χ3n) is 2.07. The van der Waals surface area contributed by atoms with E-state index in [4.69, 9.17) is 11.6 Å². The van der Waals surface area contributed by atoms with E-state index in [1.807, 2.05) is 31.2 Å². The quantitative estimate of drug-likeness (QED) is 0.847. The Balaban J connectivity index is 2.57. The van der Waals surface area contributed by atoms with Gasteiger partial charge in [0.1, 0.15) is 0 Å². The van der Waals surface area contributed by atoms with Gasteiger partial charge in [0, 0.05) is 16.8 Å². The maximum Gasteiger partial charge on any atom is 0.221 e. The summed E-state index contributed by atoms with van der Waals surface area (Å²) in [5.74, 6) is 0.0503. The van der Waals surface area contributed by atoms with E-state index >= 15 is 0 Å². The minimum Gasteiger partial charge on any atom is -0.350 e. The molecule has 0 radical (unpaired) electrons. The summed E-state index contributed by atoms with van der Waals surface area (Å²) in [6.07, 6.45) is 0.498. The van der Waals surface area contributed by atoms with E-state index in [0.717, 1.165) is 5.56 Å². The molecule has 15 heavy (non-hydrogen) atoms. The zero-order chi connectivity index (χ0) is 11.3. The molecule has 0 bridgehead atoms. The summed E-state index contributed by atoms with van der Waals surface area (Å²) in [6, 6.07) is 7.51. The Morgan fingerprint density at radius 3 is 2.60 bits per heavy atom. The van der Waals surface area contributed by atoms with Crippen molar-refractivity contribution in [3.05, 3.63) is 34.9 Å². The van der Waals surface area contributed by atoms with Gasteiger partial charge in [0.05, 0.1) is 6.04 Å². The molecule has 1 aromatic rings. The second kappa shape index (κ2) is 6.13. The number of carbonyl (C=O) groups is 1. The molecule has 0 aliphatic heterocycles. The first-order chi connectivity index (χ1) is 7.13. The lowest BCUT2D eigenvalue weighted by Crippen LogP contribution is -2.26.